The van der Waals surface area contributed by atoms with Gasteiger partial charge in [0.05, 0.1) is 12.7 Å². The van der Waals surface area contributed by atoms with Crippen LogP contribution in [0.2, 0.25) is 0 Å². The SMILES string of the molecule is O=c1cnccn1Cc1cc(Br)cs1. The van der Waals surface area contributed by atoms with Crippen LogP contribution in [0.15, 0.2) is 39.3 Å². The van der Waals surface area contributed by atoms with Crippen LogP contribution in [0, 0.1) is 0 Å². The number of nitrogens with zero attached hydrogens (tertiary/aromatic N) is 2. The number of hydrogen-bond donors (Lipinski definition) is 0. The lowest BCUT2D eigenvalue weighted by Gasteiger charge is -2.00. The van der Waals surface area contributed by atoms with E-state index in [1.807, 2.05) is 11.4 Å². The van der Waals surface area contributed by atoms with Gasteiger partial charge in [0.15, 0.2) is 0 Å². The van der Waals surface area contributed by atoms with E-state index in [1.54, 1.807) is 28.3 Å². The molecule has 0 amide bonds. The average Bonchev–Trinajstić information content (AvgIpc) is 2.56. The molecule has 0 radical (unpaired) electrons. The highest BCUT2D eigenvalue weighted by Crippen LogP contribution is 2.19. The molecule has 0 aliphatic carbocycles. The molecule has 0 unspecified atom stereocenters. The van der Waals surface area contributed by atoms with Crippen LogP contribution in [0.5, 0.6) is 0 Å². The Morgan fingerprint density at radius 1 is 1.57 bits per heavy atom. The van der Waals surface area contributed by atoms with E-state index in [9.17, 15) is 4.79 Å². The molecular formula is C9H7BrN2OS. The molecule has 0 N–H and O–H groups in total. The first-order valence-corrected chi connectivity index (χ1v) is 5.66. The van der Waals surface area contributed by atoms with Gasteiger partial charge in [-0.25, -0.2) is 0 Å². The van der Waals surface area contributed by atoms with Gasteiger partial charge in [-0.2, -0.15) is 0 Å². The summed E-state index contributed by atoms with van der Waals surface area (Å²) in [5, 5.41) is 2.00. The largest absolute Gasteiger partial charge is 0.307 e. The van der Waals surface area contributed by atoms with E-state index < -0.39 is 0 Å². The van der Waals surface area contributed by atoms with Crippen molar-refractivity contribution in [3.63, 3.8) is 0 Å². The van der Waals surface area contributed by atoms with Crippen LogP contribution in [0.4, 0.5) is 0 Å². The van der Waals surface area contributed by atoms with Crippen molar-refractivity contribution < 1.29 is 0 Å². The van der Waals surface area contributed by atoms with Crippen molar-refractivity contribution in [2.45, 2.75) is 6.54 Å². The fraction of sp³-hybridized carbons (Fsp3) is 0.111. The second-order valence-corrected chi connectivity index (χ2v) is 4.69. The minimum Gasteiger partial charge on any atom is -0.307 e. The third-order valence-corrected chi connectivity index (χ3v) is 3.43. The summed E-state index contributed by atoms with van der Waals surface area (Å²) in [4.78, 5) is 16.2. The van der Waals surface area contributed by atoms with E-state index in [-0.39, 0.29) is 5.56 Å². The molecule has 2 heterocycles. The molecule has 5 heteroatoms. The molecule has 0 aliphatic rings. The average molecular weight is 271 g/mol. The van der Waals surface area contributed by atoms with Crippen LogP contribution in [0.1, 0.15) is 4.88 Å². The lowest BCUT2D eigenvalue weighted by atomic mass is 10.4. The number of aromatic nitrogens is 2. The lowest BCUT2D eigenvalue weighted by Crippen LogP contribution is -2.18. The van der Waals surface area contributed by atoms with E-state index in [2.05, 4.69) is 20.9 Å². The minimum atomic E-state index is -0.0722. The van der Waals surface area contributed by atoms with Crippen molar-refractivity contribution in [1.82, 2.24) is 9.55 Å². The minimum absolute atomic E-state index is 0.0722. The van der Waals surface area contributed by atoms with Crippen molar-refractivity contribution in [3.05, 3.63) is 49.7 Å². The smallest absolute Gasteiger partial charge is 0.269 e. The topological polar surface area (TPSA) is 34.9 Å². The molecule has 0 saturated carbocycles. The van der Waals surface area contributed by atoms with Gasteiger partial charge in [0, 0.05) is 27.1 Å². The van der Waals surface area contributed by atoms with Crippen LogP contribution in [-0.4, -0.2) is 9.55 Å². The Kier molecular flexibility index (Phi) is 2.79. The molecule has 3 nitrogen and oxygen atoms in total. The van der Waals surface area contributed by atoms with E-state index in [1.165, 1.54) is 6.20 Å². The zero-order valence-electron chi connectivity index (χ0n) is 7.18. The predicted molar refractivity (Wildman–Crippen MR) is 59.6 cm³/mol. The highest BCUT2D eigenvalue weighted by molar-refractivity contribution is 9.10. The normalized spacial score (nSPS) is 10.4. The fourth-order valence-electron chi connectivity index (χ4n) is 1.11. The number of hydrogen-bond acceptors (Lipinski definition) is 3. The van der Waals surface area contributed by atoms with Gasteiger partial charge in [-0.1, -0.05) is 0 Å². The highest BCUT2D eigenvalue weighted by atomic mass is 79.9. The summed E-state index contributed by atoms with van der Waals surface area (Å²) in [5.74, 6) is 0. The van der Waals surface area contributed by atoms with E-state index >= 15 is 0 Å². The van der Waals surface area contributed by atoms with Gasteiger partial charge < -0.3 is 4.57 Å². The maximum Gasteiger partial charge on any atom is 0.269 e. The van der Waals surface area contributed by atoms with Crippen molar-refractivity contribution in [1.29, 1.82) is 0 Å². The molecule has 14 heavy (non-hydrogen) atoms. The first kappa shape index (κ1) is 9.61. The Balaban J connectivity index is 2.27. The van der Waals surface area contributed by atoms with Crippen LogP contribution in [0.25, 0.3) is 0 Å². The number of halogens is 1. The summed E-state index contributed by atoms with van der Waals surface area (Å²) in [6.07, 6.45) is 4.63. The van der Waals surface area contributed by atoms with Gasteiger partial charge in [-0.05, 0) is 22.0 Å². The molecule has 72 valence electrons. The maximum atomic E-state index is 11.3. The van der Waals surface area contributed by atoms with Gasteiger partial charge in [-0.15, -0.1) is 11.3 Å². The zero-order valence-corrected chi connectivity index (χ0v) is 9.59. The highest BCUT2D eigenvalue weighted by Gasteiger charge is 1.99. The summed E-state index contributed by atoms with van der Waals surface area (Å²) >= 11 is 5.00. The molecule has 0 atom stereocenters. The Morgan fingerprint density at radius 2 is 2.43 bits per heavy atom. The Hall–Kier alpha value is -0.940. The van der Waals surface area contributed by atoms with Crippen molar-refractivity contribution in [2.24, 2.45) is 0 Å². The van der Waals surface area contributed by atoms with Crippen molar-refractivity contribution in [3.8, 4) is 0 Å². The molecule has 0 fully saturated rings. The van der Waals surface area contributed by atoms with E-state index in [0.29, 0.717) is 6.54 Å². The zero-order chi connectivity index (χ0) is 9.97. The van der Waals surface area contributed by atoms with Crippen LogP contribution < -0.4 is 5.56 Å². The summed E-state index contributed by atoms with van der Waals surface area (Å²) in [5.41, 5.74) is -0.0722. The van der Waals surface area contributed by atoms with Crippen LogP contribution >= 0.6 is 27.3 Å². The molecule has 0 spiro atoms. The van der Waals surface area contributed by atoms with Gasteiger partial charge in [0.1, 0.15) is 0 Å². The molecule has 0 saturated heterocycles. The van der Waals surface area contributed by atoms with Crippen molar-refractivity contribution >= 4 is 27.3 Å². The van der Waals surface area contributed by atoms with E-state index in [0.717, 1.165) is 9.35 Å². The summed E-state index contributed by atoms with van der Waals surface area (Å²) in [6.45, 7) is 0.609. The molecule has 0 aromatic carbocycles. The maximum absolute atomic E-state index is 11.3. The predicted octanol–water partition coefficient (Wildman–Crippen LogP) is 2.12. The third kappa shape index (κ3) is 2.10. The summed E-state index contributed by atoms with van der Waals surface area (Å²) in [6, 6.07) is 2.01. The van der Waals surface area contributed by atoms with Gasteiger partial charge in [0.2, 0.25) is 0 Å². The molecular weight excluding hydrogens is 264 g/mol. The van der Waals surface area contributed by atoms with Crippen LogP contribution in [-0.2, 0) is 6.54 Å². The quantitative estimate of drug-likeness (QED) is 0.838. The van der Waals surface area contributed by atoms with Gasteiger partial charge >= 0.3 is 0 Å². The van der Waals surface area contributed by atoms with E-state index in [4.69, 9.17) is 0 Å². The molecule has 2 aromatic rings. The fourth-order valence-corrected chi connectivity index (χ4v) is 2.56. The lowest BCUT2D eigenvalue weighted by molar-refractivity contribution is 0.757. The molecule has 0 aliphatic heterocycles. The summed E-state index contributed by atoms with van der Waals surface area (Å²) in [7, 11) is 0. The summed E-state index contributed by atoms with van der Waals surface area (Å²) < 4.78 is 2.69. The van der Waals surface area contributed by atoms with Crippen LogP contribution in [0.3, 0.4) is 0 Å². The second-order valence-electron chi connectivity index (χ2n) is 2.77. The second kappa shape index (κ2) is 4.06. The Morgan fingerprint density at radius 3 is 3.07 bits per heavy atom. The molecule has 2 aromatic heterocycles. The molecule has 2 rings (SSSR count). The first-order chi connectivity index (χ1) is 6.75. The number of thiophene rings is 1. The van der Waals surface area contributed by atoms with Crippen molar-refractivity contribution in [2.75, 3.05) is 0 Å². The first-order valence-electron chi connectivity index (χ1n) is 3.99. The third-order valence-electron chi connectivity index (χ3n) is 1.75. The monoisotopic (exact) mass is 270 g/mol. The number of rotatable bonds is 2. The Labute approximate surface area is 93.2 Å². The Bertz CT molecular complexity index is 491. The van der Waals surface area contributed by atoms with Gasteiger partial charge in [-0.3, -0.25) is 9.78 Å². The standard InChI is InChI=1S/C9H7BrN2OS/c10-7-3-8(14-6-7)5-12-2-1-11-4-9(12)13/h1-4,6H,5H2. The molecule has 0 bridgehead atoms. The van der Waals surface area contributed by atoms with Gasteiger partial charge in [0.25, 0.3) is 5.56 Å².